The molecule has 1 aromatic rings. The molecule has 0 aliphatic heterocycles. The Labute approximate surface area is 124 Å². The Balaban J connectivity index is 2.12. The van der Waals surface area contributed by atoms with Crippen LogP contribution in [-0.2, 0) is 6.54 Å². The molecule has 3 unspecified atom stereocenters. The molecule has 112 valence electrons. The first-order valence-electron chi connectivity index (χ1n) is 8.14. The number of hydrogen-bond acceptors (Lipinski definition) is 2. The topological polar surface area (TPSA) is 29.3 Å². The van der Waals surface area contributed by atoms with E-state index in [9.17, 15) is 0 Å². The van der Waals surface area contributed by atoms with Gasteiger partial charge in [-0.25, -0.2) is 0 Å². The lowest BCUT2D eigenvalue weighted by Crippen LogP contribution is -2.46. The molecule has 1 aliphatic carbocycles. The van der Waals surface area contributed by atoms with Gasteiger partial charge in [-0.3, -0.25) is 4.90 Å². The quantitative estimate of drug-likeness (QED) is 0.889. The molecule has 2 nitrogen and oxygen atoms in total. The van der Waals surface area contributed by atoms with Gasteiger partial charge in [0.2, 0.25) is 0 Å². The van der Waals surface area contributed by atoms with Gasteiger partial charge in [-0.1, -0.05) is 44.5 Å². The molecule has 2 rings (SSSR count). The van der Waals surface area contributed by atoms with Crippen molar-refractivity contribution >= 4 is 0 Å². The second kappa shape index (κ2) is 7.24. The van der Waals surface area contributed by atoms with Gasteiger partial charge in [-0.2, -0.15) is 0 Å². The van der Waals surface area contributed by atoms with Crippen molar-refractivity contribution in [2.24, 2.45) is 17.6 Å². The third-order valence-electron chi connectivity index (χ3n) is 5.03. The van der Waals surface area contributed by atoms with Gasteiger partial charge in [0, 0.05) is 12.6 Å². The van der Waals surface area contributed by atoms with Gasteiger partial charge in [0.05, 0.1) is 0 Å². The SMILES string of the molecule is CCN(Cc1ccccc1C)C1CC(C)CCC1CN. The van der Waals surface area contributed by atoms with Crippen LogP contribution < -0.4 is 5.73 Å². The number of nitrogens with two attached hydrogens (primary N) is 1. The molecule has 0 heterocycles. The van der Waals surface area contributed by atoms with E-state index in [0.717, 1.165) is 25.6 Å². The first-order chi connectivity index (χ1) is 9.65. The third kappa shape index (κ3) is 3.62. The fourth-order valence-corrected chi connectivity index (χ4v) is 3.61. The average molecular weight is 274 g/mol. The molecule has 0 bridgehead atoms. The summed E-state index contributed by atoms with van der Waals surface area (Å²) in [5.74, 6) is 1.52. The minimum atomic E-state index is 0.661. The van der Waals surface area contributed by atoms with Crippen molar-refractivity contribution in [1.82, 2.24) is 4.90 Å². The van der Waals surface area contributed by atoms with E-state index in [1.165, 1.54) is 30.4 Å². The Bertz CT molecular complexity index is 416. The van der Waals surface area contributed by atoms with Crippen LogP contribution >= 0.6 is 0 Å². The van der Waals surface area contributed by atoms with E-state index < -0.39 is 0 Å². The average Bonchev–Trinajstić information content (AvgIpc) is 2.46. The van der Waals surface area contributed by atoms with Crippen LogP contribution in [0.3, 0.4) is 0 Å². The molecule has 2 N–H and O–H groups in total. The summed E-state index contributed by atoms with van der Waals surface area (Å²) in [6.07, 6.45) is 3.95. The molecule has 0 spiro atoms. The van der Waals surface area contributed by atoms with Gasteiger partial charge in [0.15, 0.2) is 0 Å². The van der Waals surface area contributed by atoms with Crippen LogP contribution in [0.2, 0.25) is 0 Å². The molecule has 20 heavy (non-hydrogen) atoms. The highest BCUT2D eigenvalue weighted by Gasteiger charge is 2.31. The lowest BCUT2D eigenvalue weighted by molar-refractivity contribution is 0.0841. The molecular weight excluding hydrogens is 244 g/mol. The zero-order chi connectivity index (χ0) is 14.5. The van der Waals surface area contributed by atoms with E-state index in [-0.39, 0.29) is 0 Å². The van der Waals surface area contributed by atoms with Crippen LogP contribution in [-0.4, -0.2) is 24.0 Å². The van der Waals surface area contributed by atoms with E-state index in [2.05, 4.69) is 49.9 Å². The van der Waals surface area contributed by atoms with E-state index >= 15 is 0 Å². The molecule has 1 fully saturated rings. The van der Waals surface area contributed by atoms with Gasteiger partial charge in [0.1, 0.15) is 0 Å². The smallest absolute Gasteiger partial charge is 0.0239 e. The number of hydrogen-bond donors (Lipinski definition) is 1. The van der Waals surface area contributed by atoms with Gasteiger partial charge in [-0.05, 0) is 55.8 Å². The highest BCUT2D eigenvalue weighted by Crippen LogP contribution is 2.32. The first-order valence-corrected chi connectivity index (χ1v) is 8.14. The van der Waals surface area contributed by atoms with Crippen molar-refractivity contribution in [3.63, 3.8) is 0 Å². The summed E-state index contributed by atoms with van der Waals surface area (Å²) in [7, 11) is 0. The largest absolute Gasteiger partial charge is 0.330 e. The Kier molecular flexibility index (Phi) is 5.62. The fourth-order valence-electron chi connectivity index (χ4n) is 3.61. The molecule has 1 aliphatic rings. The van der Waals surface area contributed by atoms with Crippen molar-refractivity contribution in [2.45, 2.75) is 52.6 Å². The van der Waals surface area contributed by atoms with Gasteiger partial charge < -0.3 is 5.73 Å². The molecule has 2 heteroatoms. The molecule has 0 amide bonds. The van der Waals surface area contributed by atoms with Crippen LogP contribution in [0.4, 0.5) is 0 Å². The van der Waals surface area contributed by atoms with Gasteiger partial charge in [0.25, 0.3) is 0 Å². The lowest BCUT2D eigenvalue weighted by atomic mass is 9.78. The van der Waals surface area contributed by atoms with Crippen molar-refractivity contribution in [1.29, 1.82) is 0 Å². The van der Waals surface area contributed by atoms with Gasteiger partial charge >= 0.3 is 0 Å². The second-order valence-corrected chi connectivity index (χ2v) is 6.47. The van der Waals surface area contributed by atoms with Crippen LogP contribution in [0.15, 0.2) is 24.3 Å². The number of nitrogens with zero attached hydrogens (tertiary/aromatic N) is 1. The van der Waals surface area contributed by atoms with Crippen LogP contribution in [0.25, 0.3) is 0 Å². The van der Waals surface area contributed by atoms with Crippen LogP contribution in [0.1, 0.15) is 44.2 Å². The Morgan fingerprint density at radius 3 is 2.65 bits per heavy atom. The van der Waals surface area contributed by atoms with E-state index in [4.69, 9.17) is 5.73 Å². The first kappa shape index (κ1) is 15.5. The lowest BCUT2D eigenvalue weighted by Gasteiger charge is -2.41. The number of rotatable bonds is 5. The van der Waals surface area contributed by atoms with Crippen LogP contribution in [0, 0.1) is 18.8 Å². The zero-order valence-corrected chi connectivity index (χ0v) is 13.3. The van der Waals surface area contributed by atoms with Crippen molar-refractivity contribution in [2.75, 3.05) is 13.1 Å². The van der Waals surface area contributed by atoms with E-state index in [0.29, 0.717) is 12.0 Å². The molecule has 0 radical (unpaired) electrons. The molecule has 3 atom stereocenters. The Morgan fingerprint density at radius 1 is 1.25 bits per heavy atom. The maximum Gasteiger partial charge on any atom is 0.0239 e. The normalized spacial score (nSPS) is 26.9. The summed E-state index contributed by atoms with van der Waals surface area (Å²) >= 11 is 0. The minimum Gasteiger partial charge on any atom is -0.330 e. The Morgan fingerprint density at radius 2 is 2.00 bits per heavy atom. The zero-order valence-electron chi connectivity index (χ0n) is 13.3. The monoisotopic (exact) mass is 274 g/mol. The van der Waals surface area contributed by atoms with E-state index in [1.54, 1.807) is 0 Å². The maximum atomic E-state index is 6.03. The summed E-state index contributed by atoms with van der Waals surface area (Å²) in [5, 5.41) is 0. The fraction of sp³-hybridized carbons (Fsp3) is 0.667. The third-order valence-corrected chi connectivity index (χ3v) is 5.03. The standard InChI is InChI=1S/C18H30N2/c1-4-20(13-17-8-6-5-7-15(17)3)18-11-14(2)9-10-16(18)12-19/h5-8,14,16,18H,4,9-13,19H2,1-3H3. The molecular formula is C18H30N2. The minimum absolute atomic E-state index is 0.661. The number of benzene rings is 1. The van der Waals surface area contributed by atoms with Crippen molar-refractivity contribution in [3.05, 3.63) is 35.4 Å². The maximum absolute atomic E-state index is 6.03. The van der Waals surface area contributed by atoms with Crippen molar-refractivity contribution in [3.8, 4) is 0 Å². The van der Waals surface area contributed by atoms with Crippen LogP contribution in [0.5, 0.6) is 0 Å². The second-order valence-electron chi connectivity index (χ2n) is 6.47. The summed E-state index contributed by atoms with van der Waals surface area (Å²) in [4.78, 5) is 2.65. The molecule has 0 saturated heterocycles. The summed E-state index contributed by atoms with van der Waals surface area (Å²) in [6.45, 7) is 9.90. The Hall–Kier alpha value is -0.860. The highest BCUT2D eigenvalue weighted by molar-refractivity contribution is 5.25. The van der Waals surface area contributed by atoms with E-state index in [1.807, 2.05) is 0 Å². The predicted octanol–water partition coefficient (Wildman–Crippen LogP) is 3.58. The molecule has 1 aromatic carbocycles. The molecule has 0 aromatic heterocycles. The summed E-state index contributed by atoms with van der Waals surface area (Å²) in [6, 6.07) is 9.42. The summed E-state index contributed by atoms with van der Waals surface area (Å²) < 4.78 is 0. The highest BCUT2D eigenvalue weighted by atomic mass is 15.2. The predicted molar refractivity (Wildman–Crippen MR) is 86.6 cm³/mol. The number of aryl methyl sites for hydroxylation is 1. The summed E-state index contributed by atoms with van der Waals surface area (Å²) in [5.41, 5.74) is 8.89. The van der Waals surface area contributed by atoms with Crippen molar-refractivity contribution < 1.29 is 0 Å². The van der Waals surface area contributed by atoms with Gasteiger partial charge in [-0.15, -0.1) is 0 Å². The molecule has 1 saturated carbocycles.